The molecule has 0 aliphatic rings. The van der Waals surface area contributed by atoms with Crippen LogP contribution in [0, 0.1) is 17.2 Å². The van der Waals surface area contributed by atoms with E-state index in [2.05, 4.69) is 26.5 Å². The van der Waals surface area contributed by atoms with Crippen LogP contribution >= 0.6 is 12.6 Å². The van der Waals surface area contributed by atoms with Crippen LogP contribution in [-0.2, 0) is 0 Å². The predicted molar refractivity (Wildman–Crippen MR) is 59.4 cm³/mol. The maximum atomic E-state index is 7.45. The van der Waals surface area contributed by atoms with Crippen molar-refractivity contribution in [2.75, 3.05) is 5.75 Å². The highest BCUT2D eigenvalue weighted by molar-refractivity contribution is 7.80. The molecular formula is C10H21NS. The third-order valence-electron chi connectivity index (χ3n) is 2.32. The fourth-order valence-electron chi connectivity index (χ4n) is 1.50. The van der Waals surface area contributed by atoms with E-state index in [4.69, 9.17) is 5.41 Å². The van der Waals surface area contributed by atoms with Crippen LogP contribution in [0.2, 0.25) is 0 Å². The summed E-state index contributed by atoms with van der Waals surface area (Å²) in [5.41, 5.74) is 0.807. The van der Waals surface area contributed by atoms with Gasteiger partial charge in [0.05, 0.1) is 0 Å². The van der Waals surface area contributed by atoms with E-state index in [-0.39, 0.29) is 0 Å². The molecule has 72 valence electrons. The molecule has 2 heteroatoms. The van der Waals surface area contributed by atoms with Crippen LogP contribution in [0.4, 0.5) is 0 Å². The van der Waals surface area contributed by atoms with Gasteiger partial charge in [-0.1, -0.05) is 26.7 Å². The number of rotatable bonds is 6. The van der Waals surface area contributed by atoms with Crippen LogP contribution in [0.25, 0.3) is 0 Å². The molecule has 1 N–H and O–H groups in total. The molecule has 0 saturated heterocycles. The average Bonchev–Trinajstić information content (AvgIpc) is 2.01. The second-order valence-corrected chi connectivity index (χ2v) is 4.06. The van der Waals surface area contributed by atoms with Crippen LogP contribution in [-0.4, -0.2) is 11.5 Å². The van der Waals surface area contributed by atoms with Gasteiger partial charge in [-0.25, -0.2) is 0 Å². The molecule has 0 saturated carbocycles. The Hall–Kier alpha value is 0.0200. The van der Waals surface area contributed by atoms with Gasteiger partial charge in [0.1, 0.15) is 0 Å². The van der Waals surface area contributed by atoms with Gasteiger partial charge < -0.3 is 5.41 Å². The van der Waals surface area contributed by atoms with E-state index in [1.54, 1.807) is 0 Å². The monoisotopic (exact) mass is 187 g/mol. The Bertz CT molecular complexity index is 134. The topological polar surface area (TPSA) is 23.9 Å². The molecule has 0 bridgehead atoms. The van der Waals surface area contributed by atoms with E-state index >= 15 is 0 Å². The Labute approximate surface area is 81.9 Å². The molecule has 2 atom stereocenters. The van der Waals surface area contributed by atoms with Gasteiger partial charge in [0.25, 0.3) is 0 Å². The fraction of sp³-hybridized carbons (Fsp3) is 0.900. The molecule has 0 aliphatic heterocycles. The lowest BCUT2D eigenvalue weighted by atomic mass is 9.87. The van der Waals surface area contributed by atoms with Crippen LogP contribution in [0.3, 0.4) is 0 Å². The molecule has 0 spiro atoms. The zero-order valence-electron chi connectivity index (χ0n) is 8.43. The molecule has 2 unspecified atom stereocenters. The average molecular weight is 187 g/mol. The van der Waals surface area contributed by atoms with E-state index in [0.29, 0.717) is 11.8 Å². The Balaban J connectivity index is 3.93. The standard InChI is InChI=1S/C10H21NS/c1-4-5-10(6-9(3)11)8(2)7-12/h8,10-12H,4-7H2,1-3H3. The lowest BCUT2D eigenvalue weighted by Gasteiger charge is -2.21. The van der Waals surface area contributed by atoms with Gasteiger partial charge in [0.15, 0.2) is 0 Å². The predicted octanol–water partition coefficient (Wildman–Crippen LogP) is 3.40. The first kappa shape index (κ1) is 12.0. The third kappa shape index (κ3) is 4.81. The minimum Gasteiger partial charge on any atom is -0.310 e. The summed E-state index contributed by atoms with van der Waals surface area (Å²) in [4.78, 5) is 0. The summed E-state index contributed by atoms with van der Waals surface area (Å²) in [6, 6.07) is 0. The van der Waals surface area contributed by atoms with Crippen LogP contribution in [0.1, 0.15) is 40.0 Å². The molecule has 0 fully saturated rings. The van der Waals surface area contributed by atoms with Gasteiger partial charge in [-0.2, -0.15) is 12.6 Å². The lowest BCUT2D eigenvalue weighted by molar-refractivity contribution is 0.373. The highest BCUT2D eigenvalue weighted by Gasteiger charge is 2.15. The first-order valence-electron chi connectivity index (χ1n) is 4.76. The van der Waals surface area contributed by atoms with Crippen molar-refractivity contribution in [3.63, 3.8) is 0 Å². The molecule has 0 aromatic heterocycles. The fourth-order valence-corrected chi connectivity index (χ4v) is 1.80. The van der Waals surface area contributed by atoms with Gasteiger partial charge in [0, 0.05) is 5.71 Å². The molecule has 0 amide bonds. The summed E-state index contributed by atoms with van der Waals surface area (Å²) in [5.74, 6) is 2.26. The molecule has 12 heavy (non-hydrogen) atoms. The lowest BCUT2D eigenvalue weighted by Crippen LogP contribution is -2.15. The normalized spacial score (nSPS) is 15.7. The Morgan fingerprint density at radius 1 is 1.50 bits per heavy atom. The number of thiol groups is 1. The smallest absolute Gasteiger partial charge is 0.00610 e. The summed E-state index contributed by atoms with van der Waals surface area (Å²) in [6.45, 7) is 6.34. The number of hydrogen-bond acceptors (Lipinski definition) is 2. The summed E-state index contributed by atoms with van der Waals surface area (Å²) >= 11 is 4.30. The summed E-state index contributed by atoms with van der Waals surface area (Å²) in [5, 5.41) is 7.45. The van der Waals surface area contributed by atoms with Crippen molar-refractivity contribution in [2.24, 2.45) is 11.8 Å². The Morgan fingerprint density at radius 3 is 2.42 bits per heavy atom. The molecular weight excluding hydrogens is 166 g/mol. The number of hydrogen-bond donors (Lipinski definition) is 2. The van der Waals surface area contributed by atoms with Gasteiger partial charge in [-0.3, -0.25) is 0 Å². The maximum Gasteiger partial charge on any atom is 0.00610 e. The molecule has 0 radical (unpaired) electrons. The van der Waals surface area contributed by atoms with Crippen molar-refractivity contribution in [3.05, 3.63) is 0 Å². The van der Waals surface area contributed by atoms with Gasteiger partial charge >= 0.3 is 0 Å². The zero-order chi connectivity index (χ0) is 9.56. The highest BCUT2D eigenvalue weighted by atomic mass is 32.1. The van der Waals surface area contributed by atoms with Gasteiger partial charge in [-0.05, 0) is 30.9 Å². The van der Waals surface area contributed by atoms with Crippen molar-refractivity contribution < 1.29 is 0 Å². The van der Waals surface area contributed by atoms with Crippen molar-refractivity contribution in [3.8, 4) is 0 Å². The summed E-state index contributed by atoms with van der Waals surface area (Å²) in [6.07, 6.45) is 3.41. The molecule has 1 nitrogen and oxygen atoms in total. The highest BCUT2D eigenvalue weighted by Crippen LogP contribution is 2.22. The third-order valence-corrected chi connectivity index (χ3v) is 2.90. The number of nitrogens with one attached hydrogen (secondary N) is 1. The SMILES string of the molecule is CCCC(CC(C)=N)C(C)CS. The molecule has 0 heterocycles. The second-order valence-electron chi connectivity index (χ2n) is 3.69. The largest absolute Gasteiger partial charge is 0.310 e. The van der Waals surface area contributed by atoms with Gasteiger partial charge in [0.2, 0.25) is 0 Å². The van der Waals surface area contributed by atoms with E-state index in [1.807, 2.05) is 6.92 Å². The van der Waals surface area contributed by atoms with E-state index in [0.717, 1.165) is 17.9 Å². The molecule has 0 aromatic carbocycles. The van der Waals surface area contributed by atoms with Crippen LogP contribution in [0.5, 0.6) is 0 Å². The Morgan fingerprint density at radius 2 is 2.08 bits per heavy atom. The Kier molecular flexibility index (Phi) is 6.54. The second kappa shape index (κ2) is 6.53. The maximum absolute atomic E-state index is 7.45. The van der Waals surface area contributed by atoms with E-state index in [9.17, 15) is 0 Å². The van der Waals surface area contributed by atoms with E-state index in [1.165, 1.54) is 12.8 Å². The summed E-state index contributed by atoms with van der Waals surface area (Å²) < 4.78 is 0. The van der Waals surface area contributed by atoms with Crippen molar-refractivity contribution in [2.45, 2.75) is 40.0 Å². The minimum atomic E-state index is 0.647. The summed E-state index contributed by atoms with van der Waals surface area (Å²) in [7, 11) is 0. The zero-order valence-corrected chi connectivity index (χ0v) is 9.32. The first-order chi connectivity index (χ1) is 5.61. The van der Waals surface area contributed by atoms with Crippen molar-refractivity contribution >= 4 is 18.3 Å². The quantitative estimate of drug-likeness (QED) is 0.470. The van der Waals surface area contributed by atoms with E-state index < -0.39 is 0 Å². The van der Waals surface area contributed by atoms with Gasteiger partial charge in [-0.15, -0.1) is 0 Å². The molecule has 0 aromatic rings. The van der Waals surface area contributed by atoms with Crippen LogP contribution < -0.4 is 0 Å². The molecule has 0 rings (SSSR count). The molecule has 0 aliphatic carbocycles. The minimum absolute atomic E-state index is 0.647. The van der Waals surface area contributed by atoms with Crippen LogP contribution in [0.15, 0.2) is 0 Å². The first-order valence-corrected chi connectivity index (χ1v) is 5.39. The van der Waals surface area contributed by atoms with Crippen molar-refractivity contribution in [1.29, 1.82) is 5.41 Å². The van der Waals surface area contributed by atoms with Crippen molar-refractivity contribution in [1.82, 2.24) is 0 Å².